The fourth-order valence-electron chi connectivity index (χ4n) is 2.59. The minimum absolute atomic E-state index is 0. The van der Waals surface area contributed by atoms with Crippen LogP contribution in [0, 0.1) is 5.92 Å². The molecule has 0 unspecified atom stereocenters. The molecule has 0 spiro atoms. The van der Waals surface area contributed by atoms with Gasteiger partial charge in [-0.15, -0.1) is 23.7 Å². The number of carbonyl (C=O) groups excluding carboxylic acids is 1. The van der Waals surface area contributed by atoms with Gasteiger partial charge in [-0.25, -0.2) is 13.4 Å². The van der Waals surface area contributed by atoms with Crippen LogP contribution in [0.5, 0.6) is 0 Å². The number of hydrogen-bond donors (Lipinski definition) is 2. The van der Waals surface area contributed by atoms with Gasteiger partial charge in [0, 0.05) is 30.9 Å². The van der Waals surface area contributed by atoms with E-state index in [1.165, 1.54) is 21.9 Å². The predicted molar refractivity (Wildman–Crippen MR) is 87.9 cm³/mol. The Morgan fingerprint density at radius 3 is 2.91 bits per heavy atom. The fourth-order valence-corrected chi connectivity index (χ4v) is 4.49. The minimum atomic E-state index is -3.18. The summed E-state index contributed by atoms with van der Waals surface area (Å²) in [7, 11) is -3.18. The van der Waals surface area contributed by atoms with Crippen molar-refractivity contribution >= 4 is 44.8 Å². The molecule has 1 saturated heterocycles. The Balaban J connectivity index is 0.00000176. The molecule has 1 aromatic heterocycles. The number of anilines is 1. The van der Waals surface area contributed by atoms with E-state index in [1.54, 1.807) is 0 Å². The molecule has 7 nitrogen and oxygen atoms in total. The largest absolute Gasteiger partial charge is 0.316 e. The molecule has 1 amide bonds. The highest BCUT2D eigenvalue weighted by molar-refractivity contribution is 7.88. The normalized spacial score (nSPS) is 22.0. The highest BCUT2D eigenvalue weighted by atomic mass is 35.5. The van der Waals surface area contributed by atoms with Crippen LogP contribution in [0.4, 0.5) is 5.13 Å². The van der Waals surface area contributed by atoms with Gasteiger partial charge in [0.25, 0.3) is 0 Å². The molecule has 3 rings (SSSR count). The highest BCUT2D eigenvalue weighted by Gasteiger charge is 2.28. The first-order valence-electron chi connectivity index (χ1n) is 6.89. The third-order valence-corrected chi connectivity index (χ3v) is 6.07. The number of fused-ring (bicyclic) bond motifs is 1. The van der Waals surface area contributed by atoms with Crippen molar-refractivity contribution in [2.45, 2.75) is 19.4 Å². The van der Waals surface area contributed by atoms with E-state index in [1.807, 2.05) is 0 Å². The standard InChI is InChI=1S/C12H18N4O3S2.ClH/c1-21(18,19)16-5-3-9-10(7-16)20-12(14-9)15-11(17)8-2-4-13-6-8;/h8,13H,2-7H2,1H3,(H,14,15,17);1H/t8-;/m0./s1. The maximum absolute atomic E-state index is 12.1. The summed E-state index contributed by atoms with van der Waals surface area (Å²) in [6.45, 7) is 2.39. The number of aromatic nitrogens is 1. The second-order valence-corrected chi connectivity index (χ2v) is 8.48. The molecular formula is C12H19ClN4O3S2. The minimum Gasteiger partial charge on any atom is -0.316 e. The Bertz CT molecular complexity index is 655. The van der Waals surface area contributed by atoms with Crippen molar-refractivity contribution in [3.05, 3.63) is 10.6 Å². The van der Waals surface area contributed by atoms with E-state index in [2.05, 4.69) is 15.6 Å². The summed E-state index contributed by atoms with van der Waals surface area (Å²) in [5, 5.41) is 6.59. The molecule has 22 heavy (non-hydrogen) atoms. The first-order valence-corrected chi connectivity index (χ1v) is 9.55. The van der Waals surface area contributed by atoms with Crippen LogP contribution in [-0.4, -0.2) is 49.5 Å². The van der Waals surface area contributed by atoms with Crippen LogP contribution in [0.25, 0.3) is 0 Å². The summed E-state index contributed by atoms with van der Waals surface area (Å²) in [6, 6.07) is 0. The van der Waals surface area contributed by atoms with Crippen molar-refractivity contribution < 1.29 is 13.2 Å². The second kappa shape index (κ2) is 6.79. The average molecular weight is 367 g/mol. The maximum Gasteiger partial charge on any atom is 0.230 e. The van der Waals surface area contributed by atoms with Crippen LogP contribution in [0.1, 0.15) is 17.0 Å². The van der Waals surface area contributed by atoms with Gasteiger partial charge in [0.2, 0.25) is 15.9 Å². The van der Waals surface area contributed by atoms with Crippen LogP contribution in [-0.2, 0) is 27.8 Å². The van der Waals surface area contributed by atoms with Gasteiger partial charge in [-0.1, -0.05) is 0 Å². The number of nitrogens with one attached hydrogen (secondary N) is 2. The number of sulfonamides is 1. The van der Waals surface area contributed by atoms with Gasteiger partial charge in [0.15, 0.2) is 5.13 Å². The van der Waals surface area contributed by atoms with Gasteiger partial charge in [0.1, 0.15) is 0 Å². The zero-order valence-corrected chi connectivity index (χ0v) is 14.6. The fraction of sp³-hybridized carbons (Fsp3) is 0.667. The van der Waals surface area contributed by atoms with Gasteiger partial charge >= 0.3 is 0 Å². The van der Waals surface area contributed by atoms with Crippen molar-refractivity contribution in [3.8, 4) is 0 Å². The smallest absolute Gasteiger partial charge is 0.230 e. The second-order valence-electron chi connectivity index (χ2n) is 5.41. The van der Waals surface area contributed by atoms with Gasteiger partial charge in [-0.3, -0.25) is 4.79 Å². The molecule has 0 bridgehead atoms. The molecule has 0 radical (unpaired) electrons. The Morgan fingerprint density at radius 1 is 1.50 bits per heavy atom. The van der Waals surface area contributed by atoms with Gasteiger partial charge < -0.3 is 10.6 Å². The van der Waals surface area contributed by atoms with Gasteiger partial charge in [-0.2, -0.15) is 4.31 Å². The van der Waals surface area contributed by atoms with E-state index < -0.39 is 10.0 Å². The molecule has 1 aromatic rings. The molecule has 10 heteroatoms. The Morgan fingerprint density at radius 2 is 2.27 bits per heavy atom. The molecule has 1 atom stereocenters. The van der Waals surface area contributed by atoms with Gasteiger partial charge in [0.05, 0.1) is 17.9 Å². The molecule has 124 valence electrons. The van der Waals surface area contributed by atoms with E-state index in [0.29, 0.717) is 31.2 Å². The zero-order valence-electron chi connectivity index (χ0n) is 12.2. The van der Waals surface area contributed by atoms with Crippen LogP contribution < -0.4 is 10.6 Å². The molecule has 3 heterocycles. The molecule has 2 aliphatic rings. The van der Waals surface area contributed by atoms with Gasteiger partial charge in [-0.05, 0) is 13.0 Å². The lowest BCUT2D eigenvalue weighted by atomic mass is 10.1. The summed E-state index contributed by atoms with van der Waals surface area (Å²) < 4.78 is 24.6. The third kappa shape index (κ3) is 3.77. The predicted octanol–water partition coefficient (Wildman–Crippen LogP) is 0.431. The molecule has 0 aliphatic carbocycles. The van der Waals surface area contributed by atoms with Crippen molar-refractivity contribution in [2.75, 3.05) is 31.2 Å². The summed E-state index contributed by atoms with van der Waals surface area (Å²) in [4.78, 5) is 17.4. The Labute approximate surface area is 139 Å². The lowest BCUT2D eigenvalue weighted by Crippen LogP contribution is -2.34. The SMILES string of the molecule is CS(=O)(=O)N1CCc2nc(NC(=O)[C@H]3CCNC3)sc2C1.Cl. The van der Waals surface area contributed by atoms with Crippen molar-refractivity contribution in [3.63, 3.8) is 0 Å². The average Bonchev–Trinajstić information content (AvgIpc) is 3.05. The van der Waals surface area contributed by atoms with Crippen molar-refractivity contribution in [1.29, 1.82) is 0 Å². The summed E-state index contributed by atoms with van der Waals surface area (Å²) in [6.07, 6.45) is 2.66. The molecule has 2 aliphatic heterocycles. The van der Waals surface area contributed by atoms with Crippen LogP contribution in [0.3, 0.4) is 0 Å². The number of rotatable bonds is 3. The molecule has 2 N–H and O–H groups in total. The lowest BCUT2D eigenvalue weighted by Gasteiger charge is -2.23. The lowest BCUT2D eigenvalue weighted by molar-refractivity contribution is -0.119. The third-order valence-electron chi connectivity index (χ3n) is 3.83. The number of nitrogens with zero attached hydrogens (tertiary/aromatic N) is 2. The van der Waals surface area contributed by atoms with E-state index >= 15 is 0 Å². The van der Waals surface area contributed by atoms with E-state index in [4.69, 9.17) is 0 Å². The summed E-state index contributed by atoms with van der Waals surface area (Å²) >= 11 is 1.37. The summed E-state index contributed by atoms with van der Waals surface area (Å²) in [5.74, 6) is -0.00971. The van der Waals surface area contributed by atoms with Crippen LogP contribution >= 0.6 is 23.7 Å². The van der Waals surface area contributed by atoms with Crippen LogP contribution in [0.15, 0.2) is 0 Å². The Hall–Kier alpha value is -0.740. The maximum atomic E-state index is 12.1. The monoisotopic (exact) mass is 366 g/mol. The molecular weight excluding hydrogens is 348 g/mol. The van der Waals surface area contributed by atoms with E-state index in [0.717, 1.165) is 23.5 Å². The highest BCUT2D eigenvalue weighted by Crippen LogP contribution is 2.29. The van der Waals surface area contributed by atoms with E-state index in [9.17, 15) is 13.2 Å². The van der Waals surface area contributed by atoms with E-state index in [-0.39, 0.29) is 24.2 Å². The quantitative estimate of drug-likeness (QED) is 0.809. The first kappa shape index (κ1) is 17.6. The van der Waals surface area contributed by atoms with Crippen molar-refractivity contribution in [1.82, 2.24) is 14.6 Å². The molecule has 1 fully saturated rings. The van der Waals surface area contributed by atoms with Crippen LogP contribution in [0.2, 0.25) is 0 Å². The number of halogens is 1. The summed E-state index contributed by atoms with van der Waals surface area (Å²) in [5.41, 5.74) is 0.903. The van der Waals surface area contributed by atoms with Crippen molar-refractivity contribution in [2.24, 2.45) is 5.92 Å². The number of thiazole rings is 1. The Kier molecular flexibility index (Phi) is 5.44. The number of carbonyl (C=O) groups is 1. The zero-order chi connectivity index (χ0) is 15.0. The molecule has 0 aromatic carbocycles. The molecule has 0 saturated carbocycles. The first-order chi connectivity index (χ1) is 9.93. The number of hydrogen-bond acceptors (Lipinski definition) is 6. The topological polar surface area (TPSA) is 91.4 Å². The number of amides is 1.